The van der Waals surface area contributed by atoms with Gasteiger partial charge in [-0.3, -0.25) is 0 Å². The van der Waals surface area contributed by atoms with Gasteiger partial charge in [-0.25, -0.2) is 0 Å². The molecule has 0 saturated heterocycles. The first-order chi connectivity index (χ1) is 7.22. The fourth-order valence-electron chi connectivity index (χ4n) is 1.16. The zero-order chi connectivity index (χ0) is 11.3. The van der Waals surface area contributed by atoms with Gasteiger partial charge in [-0.2, -0.15) is 5.26 Å². The standard InChI is InChI=1S/C11H12ClNO2/c1-2-8(6-13)15-11-5-3-4-10(12)9(11)7-14/h3-5,8,14H,2,7H2,1H3. The molecule has 3 nitrogen and oxygen atoms in total. The zero-order valence-electron chi connectivity index (χ0n) is 8.40. The van der Waals surface area contributed by atoms with E-state index in [4.69, 9.17) is 26.7 Å². The third kappa shape index (κ3) is 2.85. The van der Waals surface area contributed by atoms with Crippen LogP contribution in [0.15, 0.2) is 18.2 Å². The summed E-state index contributed by atoms with van der Waals surface area (Å²) in [4.78, 5) is 0. The molecule has 0 saturated carbocycles. The molecule has 4 heteroatoms. The van der Waals surface area contributed by atoms with Crippen molar-refractivity contribution >= 4 is 11.6 Å². The maximum Gasteiger partial charge on any atom is 0.184 e. The predicted octanol–water partition coefficient (Wildman–Crippen LogP) is 2.51. The van der Waals surface area contributed by atoms with Gasteiger partial charge in [0.05, 0.1) is 6.61 Å². The lowest BCUT2D eigenvalue weighted by molar-refractivity contribution is 0.232. The van der Waals surface area contributed by atoms with E-state index in [2.05, 4.69) is 0 Å². The normalized spacial score (nSPS) is 11.9. The SMILES string of the molecule is CCC(C#N)Oc1cccc(Cl)c1CO. The van der Waals surface area contributed by atoms with Gasteiger partial charge in [0.2, 0.25) is 0 Å². The average Bonchev–Trinajstić information content (AvgIpc) is 2.26. The van der Waals surface area contributed by atoms with Crippen molar-refractivity contribution in [3.05, 3.63) is 28.8 Å². The largest absolute Gasteiger partial charge is 0.475 e. The Balaban J connectivity index is 2.94. The van der Waals surface area contributed by atoms with E-state index in [1.165, 1.54) is 0 Å². The average molecular weight is 226 g/mol. The monoisotopic (exact) mass is 225 g/mol. The van der Waals surface area contributed by atoms with Gasteiger partial charge in [0.25, 0.3) is 0 Å². The highest BCUT2D eigenvalue weighted by molar-refractivity contribution is 6.31. The molecule has 0 bridgehead atoms. The maximum atomic E-state index is 9.11. The molecule has 0 aromatic heterocycles. The number of rotatable bonds is 4. The third-order valence-electron chi connectivity index (χ3n) is 2.02. The third-order valence-corrected chi connectivity index (χ3v) is 2.37. The molecule has 1 aromatic rings. The molecule has 0 fully saturated rings. The first-order valence-corrected chi connectivity index (χ1v) is 5.05. The number of ether oxygens (including phenoxy) is 1. The first-order valence-electron chi connectivity index (χ1n) is 4.67. The Bertz CT molecular complexity index is 373. The van der Waals surface area contributed by atoms with Crippen molar-refractivity contribution in [3.8, 4) is 11.8 Å². The first kappa shape index (κ1) is 11.8. The number of halogens is 1. The van der Waals surface area contributed by atoms with Crippen LogP contribution in [0.25, 0.3) is 0 Å². The Morgan fingerprint density at radius 3 is 2.87 bits per heavy atom. The lowest BCUT2D eigenvalue weighted by Gasteiger charge is -2.14. The highest BCUT2D eigenvalue weighted by Gasteiger charge is 2.11. The van der Waals surface area contributed by atoms with E-state index in [9.17, 15) is 0 Å². The number of hydrogen-bond acceptors (Lipinski definition) is 3. The molecule has 0 aliphatic carbocycles. The van der Waals surface area contributed by atoms with E-state index >= 15 is 0 Å². The predicted molar refractivity (Wildman–Crippen MR) is 57.7 cm³/mol. The lowest BCUT2D eigenvalue weighted by Crippen LogP contribution is -2.13. The zero-order valence-corrected chi connectivity index (χ0v) is 9.16. The smallest absolute Gasteiger partial charge is 0.184 e. The van der Waals surface area contributed by atoms with E-state index in [0.29, 0.717) is 22.8 Å². The van der Waals surface area contributed by atoms with E-state index in [-0.39, 0.29) is 6.61 Å². The van der Waals surface area contributed by atoms with Crippen LogP contribution in [-0.4, -0.2) is 11.2 Å². The van der Waals surface area contributed by atoms with Crippen LogP contribution in [0.5, 0.6) is 5.75 Å². The van der Waals surface area contributed by atoms with Crippen LogP contribution in [0.2, 0.25) is 5.02 Å². The summed E-state index contributed by atoms with van der Waals surface area (Å²) in [5, 5.41) is 18.3. The minimum absolute atomic E-state index is 0.198. The molecule has 0 amide bonds. The van der Waals surface area contributed by atoms with Gasteiger partial charge >= 0.3 is 0 Å². The van der Waals surface area contributed by atoms with Crippen LogP contribution in [0.4, 0.5) is 0 Å². The highest BCUT2D eigenvalue weighted by Crippen LogP contribution is 2.27. The number of benzene rings is 1. The number of hydrogen-bond donors (Lipinski definition) is 1. The summed E-state index contributed by atoms with van der Waals surface area (Å²) in [5.41, 5.74) is 0.521. The summed E-state index contributed by atoms with van der Waals surface area (Å²) in [6.45, 7) is 1.66. The Hall–Kier alpha value is -1.24. The molecule has 1 N–H and O–H groups in total. The maximum absolute atomic E-state index is 9.11. The van der Waals surface area contributed by atoms with Crippen molar-refractivity contribution < 1.29 is 9.84 Å². The van der Waals surface area contributed by atoms with Gasteiger partial charge in [0.15, 0.2) is 6.10 Å². The van der Waals surface area contributed by atoms with Crippen molar-refractivity contribution in [2.45, 2.75) is 26.1 Å². The molecule has 1 unspecified atom stereocenters. The fourth-order valence-corrected chi connectivity index (χ4v) is 1.38. The molecule has 0 aliphatic heterocycles. The van der Waals surface area contributed by atoms with Crippen LogP contribution in [0.3, 0.4) is 0 Å². The Kier molecular flexibility index (Phi) is 4.41. The Morgan fingerprint density at radius 2 is 2.33 bits per heavy atom. The minimum Gasteiger partial charge on any atom is -0.475 e. The minimum atomic E-state index is -0.506. The summed E-state index contributed by atoms with van der Waals surface area (Å²) >= 11 is 5.88. The van der Waals surface area contributed by atoms with E-state index in [0.717, 1.165) is 0 Å². The summed E-state index contributed by atoms with van der Waals surface area (Å²) in [6, 6.07) is 7.11. The van der Waals surface area contributed by atoms with Crippen molar-refractivity contribution in [1.82, 2.24) is 0 Å². The molecule has 0 spiro atoms. The molecule has 0 heterocycles. The number of nitriles is 1. The second kappa shape index (κ2) is 5.59. The summed E-state index contributed by atoms with van der Waals surface area (Å²) in [7, 11) is 0. The van der Waals surface area contributed by atoms with Crippen LogP contribution in [0.1, 0.15) is 18.9 Å². The molecule has 1 aromatic carbocycles. The molecule has 0 aliphatic rings. The van der Waals surface area contributed by atoms with Crippen molar-refractivity contribution in [3.63, 3.8) is 0 Å². The number of aliphatic hydroxyl groups excluding tert-OH is 1. The molecule has 80 valence electrons. The van der Waals surface area contributed by atoms with E-state index in [1.807, 2.05) is 13.0 Å². The molecular weight excluding hydrogens is 214 g/mol. The Morgan fingerprint density at radius 1 is 1.60 bits per heavy atom. The highest BCUT2D eigenvalue weighted by atomic mass is 35.5. The lowest BCUT2D eigenvalue weighted by atomic mass is 10.2. The summed E-state index contributed by atoms with van der Waals surface area (Å²) in [5.74, 6) is 0.471. The molecule has 1 rings (SSSR count). The number of nitrogens with zero attached hydrogens (tertiary/aromatic N) is 1. The van der Waals surface area contributed by atoms with Crippen LogP contribution in [-0.2, 0) is 6.61 Å². The van der Waals surface area contributed by atoms with E-state index in [1.54, 1.807) is 18.2 Å². The molecule has 1 atom stereocenters. The van der Waals surface area contributed by atoms with Gasteiger partial charge in [0.1, 0.15) is 11.8 Å². The second-order valence-electron chi connectivity index (χ2n) is 3.02. The Labute approximate surface area is 93.9 Å². The number of aliphatic hydroxyl groups is 1. The van der Waals surface area contributed by atoms with Crippen LogP contribution < -0.4 is 4.74 Å². The topological polar surface area (TPSA) is 53.2 Å². The summed E-state index contributed by atoms with van der Waals surface area (Å²) in [6.07, 6.45) is 0.0854. The molecule has 15 heavy (non-hydrogen) atoms. The second-order valence-corrected chi connectivity index (χ2v) is 3.43. The summed E-state index contributed by atoms with van der Waals surface area (Å²) < 4.78 is 5.41. The van der Waals surface area contributed by atoms with Crippen molar-refractivity contribution in [1.29, 1.82) is 5.26 Å². The van der Waals surface area contributed by atoms with Gasteiger partial charge < -0.3 is 9.84 Å². The quantitative estimate of drug-likeness (QED) is 0.857. The molecule has 0 radical (unpaired) electrons. The van der Waals surface area contributed by atoms with Gasteiger partial charge in [-0.05, 0) is 18.6 Å². The fraction of sp³-hybridized carbons (Fsp3) is 0.364. The van der Waals surface area contributed by atoms with E-state index < -0.39 is 6.10 Å². The van der Waals surface area contributed by atoms with Crippen LogP contribution >= 0.6 is 11.6 Å². The van der Waals surface area contributed by atoms with Crippen LogP contribution in [0, 0.1) is 11.3 Å². The van der Waals surface area contributed by atoms with Gasteiger partial charge in [-0.15, -0.1) is 0 Å². The molecular formula is C11H12ClNO2. The van der Waals surface area contributed by atoms with Gasteiger partial charge in [-0.1, -0.05) is 24.6 Å². The van der Waals surface area contributed by atoms with Gasteiger partial charge in [0, 0.05) is 10.6 Å². The van der Waals surface area contributed by atoms with Crippen molar-refractivity contribution in [2.75, 3.05) is 0 Å². The van der Waals surface area contributed by atoms with Crippen molar-refractivity contribution in [2.24, 2.45) is 0 Å².